The van der Waals surface area contributed by atoms with E-state index in [1.54, 1.807) is 25.4 Å². The molecule has 0 radical (unpaired) electrons. The molecule has 0 spiro atoms. The molecule has 1 aromatic carbocycles. The standard InChI is InChI=1S/C17H19NO3/c1-11-5-6-16(14(7-11)9-19)21-10-15-13(3)17(20-4)12(2)8-18-15/h5-9H,10H2,1-4H3. The molecule has 0 atom stereocenters. The number of hydrogen-bond acceptors (Lipinski definition) is 4. The first-order chi connectivity index (χ1) is 10.1. The fourth-order valence-corrected chi connectivity index (χ4v) is 2.25. The second-order valence-electron chi connectivity index (χ2n) is 4.99. The third-order valence-corrected chi connectivity index (χ3v) is 3.41. The van der Waals surface area contributed by atoms with E-state index in [9.17, 15) is 4.79 Å². The Bertz CT molecular complexity index is 665. The third kappa shape index (κ3) is 3.21. The molecule has 4 heteroatoms. The van der Waals surface area contributed by atoms with Gasteiger partial charge in [-0.3, -0.25) is 9.78 Å². The Kier molecular flexibility index (Phi) is 4.58. The van der Waals surface area contributed by atoms with Crippen LogP contribution in [0.5, 0.6) is 11.5 Å². The minimum Gasteiger partial charge on any atom is -0.496 e. The van der Waals surface area contributed by atoms with Gasteiger partial charge in [0.25, 0.3) is 0 Å². The van der Waals surface area contributed by atoms with Crippen molar-refractivity contribution >= 4 is 6.29 Å². The summed E-state index contributed by atoms with van der Waals surface area (Å²) in [6, 6.07) is 5.52. The first kappa shape index (κ1) is 15.0. The van der Waals surface area contributed by atoms with E-state index in [0.29, 0.717) is 17.9 Å². The number of pyridine rings is 1. The molecule has 0 amide bonds. The van der Waals surface area contributed by atoms with Crippen molar-refractivity contribution in [3.8, 4) is 11.5 Å². The van der Waals surface area contributed by atoms with Gasteiger partial charge in [-0.15, -0.1) is 0 Å². The number of aryl methyl sites for hydroxylation is 2. The molecule has 0 aliphatic carbocycles. The Labute approximate surface area is 124 Å². The number of aromatic nitrogens is 1. The van der Waals surface area contributed by atoms with E-state index in [2.05, 4.69) is 4.98 Å². The number of benzene rings is 1. The third-order valence-electron chi connectivity index (χ3n) is 3.41. The lowest BCUT2D eigenvalue weighted by molar-refractivity contribution is 0.111. The molecular formula is C17H19NO3. The van der Waals surface area contributed by atoms with Crippen molar-refractivity contribution in [3.05, 3.63) is 52.3 Å². The zero-order chi connectivity index (χ0) is 15.4. The first-order valence-electron chi connectivity index (χ1n) is 6.74. The Hall–Kier alpha value is -2.36. The van der Waals surface area contributed by atoms with E-state index < -0.39 is 0 Å². The maximum atomic E-state index is 11.1. The smallest absolute Gasteiger partial charge is 0.153 e. The van der Waals surface area contributed by atoms with Gasteiger partial charge < -0.3 is 9.47 Å². The van der Waals surface area contributed by atoms with Gasteiger partial charge in [-0.2, -0.15) is 0 Å². The maximum Gasteiger partial charge on any atom is 0.153 e. The molecule has 0 saturated heterocycles. The quantitative estimate of drug-likeness (QED) is 0.790. The first-order valence-corrected chi connectivity index (χ1v) is 6.74. The Balaban J connectivity index is 2.23. The summed E-state index contributed by atoms with van der Waals surface area (Å²) in [7, 11) is 1.64. The van der Waals surface area contributed by atoms with Gasteiger partial charge in [0.15, 0.2) is 6.29 Å². The van der Waals surface area contributed by atoms with E-state index >= 15 is 0 Å². The lowest BCUT2D eigenvalue weighted by atomic mass is 10.1. The number of rotatable bonds is 5. The van der Waals surface area contributed by atoms with Crippen LogP contribution in [0.4, 0.5) is 0 Å². The van der Waals surface area contributed by atoms with E-state index in [4.69, 9.17) is 9.47 Å². The van der Waals surface area contributed by atoms with Crippen molar-refractivity contribution in [1.82, 2.24) is 4.98 Å². The number of carbonyl (C=O) groups excluding carboxylic acids is 1. The minimum absolute atomic E-state index is 0.298. The lowest BCUT2D eigenvalue weighted by Gasteiger charge is -2.14. The maximum absolute atomic E-state index is 11.1. The van der Waals surface area contributed by atoms with Crippen LogP contribution in [0.3, 0.4) is 0 Å². The summed E-state index contributed by atoms with van der Waals surface area (Å²) in [4.78, 5) is 15.5. The van der Waals surface area contributed by atoms with Crippen molar-refractivity contribution < 1.29 is 14.3 Å². The number of hydrogen-bond donors (Lipinski definition) is 0. The average Bonchev–Trinajstić information content (AvgIpc) is 2.48. The van der Waals surface area contributed by atoms with Crippen LogP contribution >= 0.6 is 0 Å². The van der Waals surface area contributed by atoms with Crippen molar-refractivity contribution in [3.63, 3.8) is 0 Å². The number of ether oxygens (including phenoxy) is 2. The van der Waals surface area contributed by atoms with E-state index in [1.165, 1.54) is 0 Å². The molecule has 4 nitrogen and oxygen atoms in total. The Morgan fingerprint density at radius 1 is 1.24 bits per heavy atom. The zero-order valence-corrected chi connectivity index (χ0v) is 12.8. The number of nitrogens with zero attached hydrogens (tertiary/aromatic N) is 1. The molecule has 2 rings (SSSR count). The van der Waals surface area contributed by atoms with E-state index in [0.717, 1.165) is 34.4 Å². The molecular weight excluding hydrogens is 266 g/mol. The molecule has 0 aliphatic rings. The van der Waals surface area contributed by atoms with Crippen LogP contribution < -0.4 is 9.47 Å². The van der Waals surface area contributed by atoms with Crippen molar-refractivity contribution in [2.24, 2.45) is 0 Å². The summed E-state index contributed by atoms with van der Waals surface area (Å²) >= 11 is 0. The van der Waals surface area contributed by atoms with Gasteiger partial charge in [0.2, 0.25) is 0 Å². The SMILES string of the molecule is COc1c(C)cnc(COc2ccc(C)cc2C=O)c1C. The Morgan fingerprint density at radius 2 is 2.00 bits per heavy atom. The molecule has 0 bridgehead atoms. The van der Waals surface area contributed by atoms with Gasteiger partial charge in [-0.25, -0.2) is 0 Å². The van der Waals surface area contributed by atoms with Crippen molar-refractivity contribution in [2.45, 2.75) is 27.4 Å². The molecule has 0 fully saturated rings. The zero-order valence-electron chi connectivity index (χ0n) is 12.8. The second kappa shape index (κ2) is 6.39. The molecule has 0 aliphatic heterocycles. The average molecular weight is 285 g/mol. The largest absolute Gasteiger partial charge is 0.496 e. The van der Waals surface area contributed by atoms with Crippen LogP contribution in [0.2, 0.25) is 0 Å². The fourth-order valence-electron chi connectivity index (χ4n) is 2.25. The van der Waals surface area contributed by atoms with Gasteiger partial charge in [0.1, 0.15) is 18.1 Å². The highest BCUT2D eigenvalue weighted by molar-refractivity contribution is 5.79. The van der Waals surface area contributed by atoms with Crippen LogP contribution in [0, 0.1) is 20.8 Å². The van der Waals surface area contributed by atoms with Gasteiger partial charge in [0.05, 0.1) is 18.4 Å². The second-order valence-corrected chi connectivity index (χ2v) is 4.99. The van der Waals surface area contributed by atoms with Crippen LogP contribution in [0.15, 0.2) is 24.4 Å². The van der Waals surface area contributed by atoms with Crippen LogP contribution in [-0.2, 0) is 6.61 Å². The summed E-state index contributed by atoms with van der Waals surface area (Å²) < 4.78 is 11.1. The highest BCUT2D eigenvalue weighted by Crippen LogP contribution is 2.25. The minimum atomic E-state index is 0.298. The molecule has 2 aromatic rings. The van der Waals surface area contributed by atoms with Crippen LogP contribution in [0.1, 0.15) is 32.7 Å². The van der Waals surface area contributed by atoms with E-state index in [-0.39, 0.29) is 0 Å². The summed E-state index contributed by atoms with van der Waals surface area (Å²) in [5.41, 5.74) is 4.32. The van der Waals surface area contributed by atoms with Crippen LogP contribution in [-0.4, -0.2) is 18.4 Å². The molecule has 0 saturated carbocycles. The lowest BCUT2D eigenvalue weighted by Crippen LogP contribution is -2.05. The fraction of sp³-hybridized carbons (Fsp3) is 0.294. The highest BCUT2D eigenvalue weighted by Gasteiger charge is 2.11. The van der Waals surface area contributed by atoms with Gasteiger partial charge in [-0.1, -0.05) is 11.6 Å². The Morgan fingerprint density at radius 3 is 2.67 bits per heavy atom. The monoisotopic (exact) mass is 285 g/mol. The summed E-state index contributed by atoms with van der Waals surface area (Å²) in [6.07, 6.45) is 2.57. The topological polar surface area (TPSA) is 48.4 Å². The number of methoxy groups -OCH3 is 1. The molecule has 21 heavy (non-hydrogen) atoms. The van der Waals surface area contributed by atoms with Gasteiger partial charge in [0, 0.05) is 17.3 Å². The van der Waals surface area contributed by atoms with Crippen LogP contribution in [0.25, 0.3) is 0 Å². The predicted molar refractivity (Wildman–Crippen MR) is 81.2 cm³/mol. The van der Waals surface area contributed by atoms with Crippen molar-refractivity contribution in [1.29, 1.82) is 0 Å². The number of aldehydes is 1. The number of carbonyl (C=O) groups is 1. The summed E-state index contributed by atoms with van der Waals surface area (Å²) in [6.45, 7) is 6.14. The normalized spacial score (nSPS) is 10.3. The predicted octanol–water partition coefficient (Wildman–Crippen LogP) is 3.41. The van der Waals surface area contributed by atoms with Gasteiger partial charge in [-0.05, 0) is 32.9 Å². The molecule has 110 valence electrons. The van der Waals surface area contributed by atoms with Crippen molar-refractivity contribution in [2.75, 3.05) is 7.11 Å². The highest BCUT2D eigenvalue weighted by atomic mass is 16.5. The van der Waals surface area contributed by atoms with Gasteiger partial charge >= 0.3 is 0 Å². The molecule has 1 heterocycles. The molecule has 0 unspecified atom stereocenters. The molecule has 0 N–H and O–H groups in total. The summed E-state index contributed by atoms with van der Waals surface area (Å²) in [5.74, 6) is 1.39. The molecule has 1 aromatic heterocycles. The van der Waals surface area contributed by atoms with E-state index in [1.807, 2.05) is 26.8 Å². The summed E-state index contributed by atoms with van der Waals surface area (Å²) in [5, 5.41) is 0.